The van der Waals surface area contributed by atoms with Crippen molar-refractivity contribution in [1.29, 1.82) is 0 Å². The molecule has 1 aliphatic rings. The number of pyridine rings is 1. The Hall–Kier alpha value is -0.920. The minimum absolute atomic E-state index is 0.554. The summed E-state index contributed by atoms with van der Waals surface area (Å²) < 4.78 is 69.0. The Morgan fingerprint density at radius 1 is 1.18 bits per heavy atom. The summed E-state index contributed by atoms with van der Waals surface area (Å²) in [5, 5.41) is 0. The van der Waals surface area contributed by atoms with Crippen molar-refractivity contribution in [3.63, 3.8) is 0 Å². The highest BCUT2D eigenvalue weighted by Crippen LogP contribution is 2.23. The number of hydrogen-bond acceptors (Lipinski definition) is 9. The van der Waals surface area contributed by atoms with Gasteiger partial charge >= 0.3 is 0 Å². The maximum absolute atomic E-state index is 8.60. The molecule has 126 valence electrons. The fourth-order valence-corrected chi connectivity index (χ4v) is 1.74. The second-order valence-corrected chi connectivity index (χ2v) is 5.55. The molecule has 0 bridgehead atoms. The summed E-state index contributed by atoms with van der Waals surface area (Å²) in [6.07, 6.45) is 8.44. The van der Waals surface area contributed by atoms with E-state index in [0.717, 1.165) is 0 Å². The third-order valence-electron chi connectivity index (χ3n) is 2.42. The van der Waals surface area contributed by atoms with Crippen molar-refractivity contribution < 1.29 is 62.3 Å². The van der Waals surface area contributed by atoms with E-state index < -0.39 is 20.5 Å². The molecule has 2 heterocycles. The van der Waals surface area contributed by atoms with Crippen LogP contribution in [0.15, 0.2) is 24.5 Å². The minimum atomic E-state index is -4.94. The first-order valence-electron chi connectivity index (χ1n) is 5.58. The average molecular weight is 361 g/mol. The Morgan fingerprint density at radius 3 is 2.00 bits per heavy atom. The van der Waals surface area contributed by atoms with Gasteiger partial charge in [-0.25, -0.2) is 23.2 Å². The lowest BCUT2D eigenvalue weighted by molar-refractivity contribution is -2.00. The van der Waals surface area contributed by atoms with Crippen molar-refractivity contribution in [2.75, 3.05) is 7.05 Å². The molecule has 0 fully saturated rings. The van der Waals surface area contributed by atoms with E-state index in [9.17, 15) is 0 Å². The molecular weight excluding hydrogens is 347 g/mol. The second kappa shape index (κ2) is 9.27. The molecular formula is C10H14Cl2N2O8. The Labute approximate surface area is 130 Å². The van der Waals surface area contributed by atoms with Crippen molar-refractivity contribution >= 4 is 6.21 Å². The van der Waals surface area contributed by atoms with Gasteiger partial charge in [-0.15, -0.1) is 10.2 Å². The summed E-state index contributed by atoms with van der Waals surface area (Å²) in [4.78, 5) is 4.12. The second-order valence-electron chi connectivity index (χ2n) is 4.00. The molecule has 0 saturated heterocycles. The lowest BCUT2D eigenvalue weighted by Gasteiger charge is -2.17. The summed E-state index contributed by atoms with van der Waals surface area (Å²) in [7, 11) is -7.51. The molecule has 2 rings (SSSR count). The van der Waals surface area contributed by atoms with Gasteiger partial charge in [0, 0.05) is 30.8 Å². The molecule has 1 atom stereocenters. The molecule has 0 amide bonds. The molecule has 1 unspecified atom stereocenters. The zero-order valence-corrected chi connectivity index (χ0v) is 12.8. The third kappa shape index (κ3) is 14.0. The summed E-state index contributed by atoms with van der Waals surface area (Å²) >= 11 is 0. The van der Waals surface area contributed by atoms with Crippen LogP contribution in [0.25, 0.3) is 0 Å². The minimum Gasteiger partial charge on any atom is -0.264 e. The highest BCUT2D eigenvalue weighted by molar-refractivity contribution is 5.53. The van der Waals surface area contributed by atoms with E-state index in [1.54, 1.807) is 0 Å². The third-order valence-corrected chi connectivity index (χ3v) is 2.42. The van der Waals surface area contributed by atoms with Crippen LogP contribution >= 0.6 is 0 Å². The zero-order chi connectivity index (χ0) is 17.4. The summed E-state index contributed by atoms with van der Waals surface area (Å²) in [6.45, 7) is 0. The van der Waals surface area contributed by atoms with Gasteiger partial charge in [0.15, 0.2) is 6.04 Å². The van der Waals surface area contributed by atoms with E-state index >= 15 is 0 Å². The predicted molar refractivity (Wildman–Crippen MR) is 50.7 cm³/mol. The van der Waals surface area contributed by atoms with Crippen LogP contribution in [0.4, 0.5) is 0 Å². The maximum Gasteiger partial charge on any atom is 0.179 e. The SMILES string of the molecule is C[N+]1=CCCC1c1cccnc1.[O-][Cl+3]([O-])([O-])O.[O-][Cl+3]([O-])([O-])[O-]. The molecule has 0 radical (unpaired) electrons. The van der Waals surface area contributed by atoms with Gasteiger partial charge in [-0.2, -0.15) is 14.0 Å². The Morgan fingerprint density at radius 2 is 1.68 bits per heavy atom. The van der Waals surface area contributed by atoms with Gasteiger partial charge in [-0.05, 0) is 12.1 Å². The van der Waals surface area contributed by atoms with Gasteiger partial charge in [0.2, 0.25) is 0 Å². The van der Waals surface area contributed by atoms with Crippen molar-refractivity contribution in [1.82, 2.24) is 4.98 Å². The smallest absolute Gasteiger partial charge is 0.179 e. The Kier molecular flexibility index (Phi) is 8.88. The lowest BCUT2D eigenvalue weighted by atomic mass is 10.1. The van der Waals surface area contributed by atoms with Crippen molar-refractivity contribution in [2.45, 2.75) is 18.9 Å². The Balaban J connectivity index is 0.000000372. The molecule has 1 aliphatic heterocycles. The van der Waals surface area contributed by atoms with Crippen molar-refractivity contribution in [2.24, 2.45) is 0 Å². The molecule has 10 nitrogen and oxygen atoms in total. The molecule has 0 aliphatic carbocycles. The molecule has 1 aromatic rings. The van der Waals surface area contributed by atoms with Crippen LogP contribution in [0.5, 0.6) is 0 Å². The highest BCUT2D eigenvalue weighted by atomic mass is 35.7. The van der Waals surface area contributed by atoms with E-state index in [4.69, 9.17) is 37.3 Å². The van der Waals surface area contributed by atoms with Crippen molar-refractivity contribution in [3.8, 4) is 0 Å². The summed E-state index contributed by atoms with van der Waals surface area (Å²) in [6, 6.07) is 4.70. The largest absolute Gasteiger partial charge is 0.264 e. The van der Waals surface area contributed by atoms with E-state index in [1.165, 1.54) is 18.4 Å². The van der Waals surface area contributed by atoms with E-state index in [0.29, 0.717) is 6.04 Å². The standard InChI is InChI=1S/C10H13N2.2ClHO4/c1-12-7-3-5-10(12)9-4-2-6-11-8-9;2*2-1(3,4)5/h2,4,6-8,10H,3,5H2,1H3;2*(H,2,3,4,5)/q+1;;/p-1. The van der Waals surface area contributed by atoms with Crippen LogP contribution in [-0.2, 0) is 0 Å². The number of hydrogen-bond donors (Lipinski definition) is 1. The molecule has 22 heavy (non-hydrogen) atoms. The average Bonchev–Trinajstić information content (AvgIpc) is 2.72. The monoisotopic (exact) mass is 360 g/mol. The van der Waals surface area contributed by atoms with Crippen molar-refractivity contribution in [3.05, 3.63) is 30.1 Å². The first-order valence-corrected chi connectivity index (χ1v) is 8.08. The lowest BCUT2D eigenvalue weighted by Crippen LogP contribution is -2.68. The van der Waals surface area contributed by atoms with Crippen LogP contribution in [-0.4, -0.2) is 27.5 Å². The van der Waals surface area contributed by atoms with Gasteiger partial charge < -0.3 is 0 Å². The summed E-state index contributed by atoms with van der Waals surface area (Å²) in [5.41, 5.74) is 1.33. The quantitative estimate of drug-likeness (QED) is 0.472. The number of rotatable bonds is 1. The van der Waals surface area contributed by atoms with E-state index in [-0.39, 0.29) is 0 Å². The normalized spacial score (nSPS) is 17.7. The Bertz CT molecular complexity index is 436. The first kappa shape index (κ1) is 21.1. The molecule has 12 heteroatoms. The molecule has 0 saturated carbocycles. The first-order chi connectivity index (χ1) is 9.88. The van der Waals surface area contributed by atoms with Crippen LogP contribution < -0.4 is 32.6 Å². The zero-order valence-electron chi connectivity index (χ0n) is 11.3. The number of aromatic nitrogens is 1. The van der Waals surface area contributed by atoms with Crippen LogP contribution in [0, 0.1) is 20.5 Å². The molecule has 1 N–H and O–H groups in total. The fourth-order valence-electron chi connectivity index (χ4n) is 1.74. The van der Waals surface area contributed by atoms with Crippen LogP contribution in [0.2, 0.25) is 0 Å². The molecule has 1 aromatic heterocycles. The number of halogens is 2. The maximum atomic E-state index is 8.60. The summed E-state index contributed by atoms with van der Waals surface area (Å²) in [5.74, 6) is 0. The van der Waals surface area contributed by atoms with E-state index in [1.807, 2.05) is 18.5 Å². The molecule has 0 spiro atoms. The van der Waals surface area contributed by atoms with Gasteiger partial charge in [-0.3, -0.25) is 4.98 Å². The predicted octanol–water partition coefficient (Wildman–Crippen LogP) is -7.25. The fraction of sp³-hybridized carbons (Fsp3) is 0.400. The number of nitrogens with zero attached hydrogens (tertiary/aromatic N) is 2. The van der Waals surface area contributed by atoms with E-state index in [2.05, 4.69) is 28.9 Å². The van der Waals surface area contributed by atoms with Gasteiger partial charge in [0.1, 0.15) is 13.3 Å². The van der Waals surface area contributed by atoms with Gasteiger partial charge in [0.05, 0.1) is 14.9 Å². The molecule has 0 aromatic carbocycles. The highest BCUT2D eigenvalue weighted by Gasteiger charge is 2.24. The van der Waals surface area contributed by atoms with Crippen LogP contribution in [0.1, 0.15) is 24.4 Å². The topological polar surface area (TPSA) is 198 Å². The van der Waals surface area contributed by atoms with Crippen LogP contribution in [0.3, 0.4) is 0 Å². The van der Waals surface area contributed by atoms with Gasteiger partial charge in [-0.1, -0.05) is 0 Å². The van der Waals surface area contributed by atoms with Gasteiger partial charge in [0.25, 0.3) is 0 Å².